The molecule has 0 amide bonds. The third-order valence-corrected chi connectivity index (χ3v) is 5.21. The van der Waals surface area contributed by atoms with Gasteiger partial charge in [-0.15, -0.1) is 0 Å². The topological polar surface area (TPSA) is 34.1 Å². The van der Waals surface area contributed by atoms with Gasteiger partial charge in [-0.25, -0.2) is 8.42 Å². The lowest BCUT2D eigenvalue weighted by Crippen LogP contribution is -3.00. The molecule has 0 aliphatic carbocycles. The van der Waals surface area contributed by atoms with Gasteiger partial charge < -0.3 is 12.4 Å². The van der Waals surface area contributed by atoms with E-state index in [9.17, 15) is 8.42 Å². The summed E-state index contributed by atoms with van der Waals surface area (Å²) in [6.45, 7) is 7.03. The largest absolute Gasteiger partial charge is 1.00 e. The first-order valence-corrected chi connectivity index (χ1v) is 5.31. The maximum atomic E-state index is 11.5. The van der Waals surface area contributed by atoms with E-state index in [1.807, 2.05) is 14.1 Å². The molecule has 0 saturated carbocycles. The molecule has 1 heterocycles. The van der Waals surface area contributed by atoms with Crippen molar-refractivity contribution in [3.8, 4) is 0 Å². The fourth-order valence-electron chi connectivity index (χ4n) is 1.80. The highest BCUT2D eigenvalue weighted by Crippen LogP contribution is 2.36. The first-order valence-electron chi connectivity index (χ1n) is 3.70. The molecule has 0 aromatic rings. The predicted molar refractivity (Wildman–Crippen MR) is 49.0 cm³/mol. The fourth-order valence-corrected chi connectivity index (χ4v) is 4.20. The van der Waals surface area contributed by atoms with E-state index < -0.39 is 20.6 Å². The molecule has 76 valence electrons. The van der Waals surface area contributed by atoms with Crippen LogP contribution in [0.25, 0.3) is 0 Å². The van der Waals surface area contributed by atoms with E-state index in [0.29, 0.717) is 4.48 Å². The molecule has 5 heteroatoms. The van der Waals surface area contributed by atoms with Crippen LogP contribution in [-0.4, -0.2) is 37.7 Å². The summed E-state index contributed by atoms with van der Waals surface area (Å²) < 4.78 is 23.3. The second-order valence-electron chi connectivity index (χ2n) is 3.47. The van der Waals surface area contributed by atoms with E-state index in [1.165, 1.54) is 12.2 Å². The Morgan fingerprint density at radius 2 is 1.46 bits per heavy atom. The van der Waals surface area contributed by atoms with Crippen LogP contribution in [0.15, 0.2) is 25.3 Å². The number of nitrogens with zero attached hydrogens (tertiary/aromatic N) is 1. The van der Waals surface area contributed by atoms with Crippen LogP contribution in [0.4, 0.5) is 0 Å². The average molecular weight is 224 g/mol. The number of hydrogen-bond acceptors (Lipinski definition) is 2. The van der Waals surface area contributed by atoms with Crippen molar-refractivity contribution in [1.29, 1.82) is 0 Å². The Morgan fingerprint density at radius 3 is 1.62 bits per heavy atom. The Labute approximate surface area is 85.7 Å². The zero-order valence-electron chi connectivity index (χ0n) is 7.77. The molecule has 2 atom stereocenters. The highest BCUT2D eigenvalue weighted by Gasteiger charge is 2.60. The summed E-state index contributed by atoms with van der Waals surface area (Å²) >= 11 is 0. The Balaban J connectivity index is 0.00000144. The third kappa shape index (κ3) is 1.43. The van der Waals surface area contributed by atoms with Crippen LogP contribution in [0.2, 0.25) is 0 Å². The minimum Gasteiger partial charge on any atom is -1.00 e. The molecule has 2 unspecified atom stereocenters. The van der Waals surface area contributed by atoms with Crippen LogP contribution < -0.4 is 12.4 Å². The molecule has 1 rings (SSSR count). The van der Waals surface area contributed by atoms with Crippen LogP contribution >= 0.6 is 0 Å². The van der Waals surface area contributed by atoms with Crippen molar-refractivity contribution in [2.75, 3.05) is 14.1 Å². The molecule has 1 fully saturated rings. The van der Waals surface area contributed by atoms with Gasteiger partial charge in [0.05, 0.1) is 14.1 Å². The van der Waals surface area contributed by atoms with Gasteiger partial charge in [0.15, 0.2) is 0 Å². The quantitative estimate of drug-likeness (QED) is 0.384. The Hall–Kier alpha value is -0.320. The number of hydrogen-bond donors (Lipinski definition) is 0. The van der Waals surface area contributed by atoms with Gasteiger partial charge >= 0.3 is 0 Å². The number of halogens is 1. The number of rotatable bonds is 2. The zero-order chi connectivity index (χ0) is 9.57. The van der Waals surface area contributed by atoms with E-state index >= 15 is 0 Å². The fraction of sp³-hybridized carbons (Fsp3) is 0.500. The van der Waals surface area contributed by atoms with Crippen LogP contribution in [0.5, 0.6) is 0 Å². The van der Waals surface area contributed by atoms with Gasteiger partial charge in [-0.05, 0) is 12.2 Å². The molecule has 0 bridgehead atoms. The minimum absolute atomic E-state index is 0. The summed E-state index contributed by atoms with van der Waals surface area (Å²) in [5.41, 5.74) is 0. The van der Waals surface area contributed by atoms with E-state index in [4.69, 9.17) is 0 Å². The maximum absolute atomic E-state index is 11.5. The normalized spacial score (nSPS) is 33.7. The van der Waals surface area contributed by atoms with Gasteiger partial charge in [0, 0.05) is 0 Å². The first kappa shape index (κ1) is 12.7. The van der Waals surface area contributed by atoms with Crippen molar-refractivity contribution in [2.24, 2.45) is 0 Å². The third-order valence-electron chi connectivity index (χ3n) is 2.39. The summed E-state index contributed by atoms with van der Waals surface area (Å²) in [7, 11) is 0.687. The van der Waals surface area contributed by atoms with Crippen molar-refractivity contribution in [2.45, 2.75) is 10.7 Å². The monoisotopic (exact) mass is 223 g/mol. The molecule has 0 N–H and O–H groups in total. The molecule has 13 heavy (non-hydrogen) atoms. The van der Waals surface area contributed by atoms with Crippen LogP contribution in [0.1, 0.15) is 0 Å². The first-order chi connectivity index (χ1) is 5.39. The lowest BCUT2D eigenvalue weighted by molar-refractivity contribution is -0.917. The van der Waals surface area contributed by atoms with Gasteiger partial charge in [-0.1, -0.05) is 13.2 Å². The smallest absolute Gasteiger partial charge is 0.263 e. The SMILES string of the molecule is C=CC1[N+](C)(C)C(C=C)S1(=O)=O.[Cl-]. The number of quaternary nitrogens is 1. The van der Waals surface area contributed by atoms with E-state index in [2.05, 4.69) is 13.2 Å². The number of sulfone groups is 1. The number of likely N-dealkylation sites (N-methyl/N-ethyl adjacent to an activating group) is 1. The van der Waals surface area contributed by atoms with Gasteiger partial charge in [0.2, 0.25) is 10.7 Å². The summed E-state index contributed by atoms with van der Waals surface area (Å²) in [5.74, 6) is 0. The van der Waals surface area contributed by atoms with Gasteiger partial charge in [-0.2, -0.15) is 0 Å². The molecule has 3 nitrogen and oxygen atoms in total. The highest BCUT2D eigenvalue weighted by atomic mass is 35.5. The molecule has 0 radical (unpaired) electrons. The maximum Gasteiger partial charge on any atom is 0.263 e. The summed E-state index contributed by atoms with van der Waals surface area (Å²) in [6, 6.07) is 0. The molecule has 1 saturated heterocycles. The van der Waals surface area contributed by atoms with Gasteiger partial charge in [-0.3, -0.25) is 4.48 Å². The van der Waals surface area contributed by atoms with Crippen molar-refractivity contribution in [1.82, 2.24) is 0 Å². The Morgan fingerprint density at radius 1 is 1.15 bits per heavy atom. The van der Waals surface area contributed by atoms with Crippen LogP contribution in [0.3, 0.4) is 0 Å². The van der Waals surface area contributed by atoms with Gasteiger partial charge in [0.1, 0.15) is 0 Å². The van der Waals surface area contributed by atoms with Crippen molar-refractivity contribution >= 4 is 9.84 Å². The van der Waals surface area contributed by atoms with Crippen LogP contribution in [-0.2, 0) is 9.84 Å². The Bertz CT molecular complexity index is 297. The molecule has 0 aromatic carbocycles. The van der Waals surface area contributed by atoms with Gasteiger partial charge in [0.25, 0.3) is 9.84 Å². The van der Waals surface area contributed by atoms with E-state index in [-0.39, 0.29) is 12.4 Å². The molecular weight excluding hydrogens is 210 g/mol. The average Bonchev–Trinajstić information content (AvgIpc) is 1.85. The highest BCUT2D eigenvalue weighted by molar-refractivity contribution is 7.93. The molecular formula is C8H14ClNO2S. The second-order valence-corrected chi connectivity index (χ2v) is 5.61. The lowest BCUT2D eigenvalue weighted by Gasteiger charge is -2.49. The minimum atomic E-state index is -3.03. The Kier molecular flexibility index (Phi) is 3.36. The van der Waals surface area contributed by atoms with Crippen molar-refractivity contribution in [3.63, 3.8) is 0 Å². The standard InChI is InChI=1S/C8H14NO2S.ClH/c1-5-7-9(3,4)8(6-2)12(7,10)11;/h5-8H,1-2H2,3-4H3;1H/q+1;/p-1. The van der Waals surface area contributed by atoms with Crippen LogP contribution in [0, 0.1) is 0 Å². The van der Waals surface area contributed by atoms with Crippen molar-refractivity contribution < 1.29 is 25.3 Å². The summed E-state index contributed by atoms with van der Waals surface area (Å²) in [6.07, 6.45) is 2.96. The summed E-state index contributed by atoms with van der Waals surface area (Å²) in [4.78, 5) is 0. The molecule has 0 aromatic heterocycles. The summed E-state index contributed by atoms with van der Waals surface area (Å²) in [5, 5.41) is -0.944. The van der Waals surface area contributed by atoms with Crippen molar-refractivity contribution in [3.05, 3.63) is 25.3 Å². The molecule has 1 aliphatic heterocycles. The molecule has 0 spiro atoms. The zero-order valence-corrected chi connectivity index (χ0v) is 9.35. The van der Waals surface area contributed by atoms with E-state index in [1.54, 1.807) is 0 Å². The second kappa shape index (κ2) is 3.44. The van der Waals surface area contributed by atoms with E-state index in [0.717, 1.165) is 0 Å². The predicted octanol–water partition coefficient (Wildman–Crippen LogP) is -2.48. The molecule has 1 aliphatic rings. The lowest BCUT2D eigenvalue weighted by atomic mass is 10.4.